The van der Waals surface area contributed by atoms with Crippen LogP contribution < -0.4 is 19.5 Å². The van der Waals surface area contributed by atoms with Gasteiger partial charge >= 0.3 is 0 Å². The summed E-state index contributed by atoms with van der Waals surface area (Å²) in [5.41, 5.74) is 1.84. The second-order valence-electron chi connectivity index (χ2n) is 10.9. The first-order valence-electron chi connectivity index (χ1n) is 15.6. The van der Waals surface area contributed by atoms with Gasteiger partial charge in [-0.2, -0.15) is 0 Å². The van der Waals surface area contributed by atoms with Crippen molar-refractivity contribution in [3.05, 3.63) is 90.0 Å². The Hall–Kier alpha value is -3.88. The Balaban J connectivity index is 0.000000259. The van der Waals surface area contributed by atoms with E-state index in [2.05, 4.69) is 10.2 Å². The van der Waals surface area contributed by atoms with Crippen LogP contribution in [0, 0.1) is 0 Å². The van der Waals surface area contributed by atoms with E-state index in [0.717, 1.165) is 61.7 Å². The van der Waals surface area contributed by atoms with Crippen molar-refractivity contribution in [1.82, 2.24) is 10.2 Å². The van der Waals surface area contributed by atoms with E-state index in [1.807, 2.05) is 54.6 Å². The van der Waals surface area contributed by atoms with Crippen LogP contribution in [0.2, 0.25) is 0 Å². The predicted octanol–water partition coefficient (Wildman–Crippen LogP) is 5.72. The molecule has 1 atom stereocenters. The monoisotopic (exact) mass is 604 g/mol. The van der Waals surface area contributed by atoms with Crippen LogP contribution >= 0.6 is 0 Å². The number of rotatable bonds is 17. The highest BCUT2D eigenvalue weighted by atomic mass is 16.5. The third-order valence-corrected chi connectivity index (χ3v) is 7.38. The fourth-order valence-corrected chi connectivity index (χ4v) is 4.89. The summed E-state index contributed by atoms with van der Waals surface area (Å²) in [6.07, 6.45) is 6.18. The minimum Gasteiger partial charge on any atom is -0.497 e. The minimum absolute atomic E-state index is 0.0203. The number of carbonyl (C=O) groups excluding carboxylic acids is 2. The van der Waals surface area contributed by atoms with Crippen LogP contribution in [0.3, 0.4) is 0 Å². The van der Waals surface area contributed by atoms with Gasteiger partial charge in [-0.25, -0.2) is 0 Å². The molecule has 0 spiro atoms. The Kier molecular flexibility index (Phi) is 15.8. The molecule has 0 saturated carbocycles. The molecular weight excluding hydrogens is 556 g/mol. The molecule has 1 aliphatic rings. The largest absolute Gasteiger partial charge is 0.497 e. The van der Waals surface area contributed by atoms with Crippen LogP contribution in [0.15, 0.2) is 78.9 Å². The minimum atomic E-state index is -0.296. The van der Waals surface area contributed by atoms with E-state index in [-0.39, 0.29) is 17.8 Å². The number of nitrogens with one attached hydrogen (secondary N) is 1. The van der Waals surface area contributed by atoms with Gasteiger partial charge in [0, 0.05) is 38.4 Å². The summed E-state index contributed by atoms with van der Waals surface area (Å²) in [5.74, 6) is 2.62. The standard InChI is InChI=1S/C22H29NO3.C14H19NO3/c24-20(18-23-13-4-5-14-23)17-19-9-11-22(12-10-19)26-16-6-15-25-21-7-2-1-3-8-21;1-15-14(17)6-4-3-5-13(16)11-7-9-12(18-2)10-8-11/h1-3,7-12,20,24H,4-6,13-18H2;7-10H,3-6H2,1-2H3,(H,15,17). The SMILES string of the molecule is CNC(=O)CCCCC(=O)c1ccc(OC)cc1.OC(Cc1ccc(OCCCOc2ccccc2)cc1)CN1CCCC1. The number of nitrogens with zero attached hydrogens (tertiary/aromatic N) is 1. The van der Waals surface area contributed by atoms with Gasteiger partial charge in [0.05, 0.1) is 26.4 Å². The van der Waals surface area contributed by atoms with Crippen molar-refractivity contribution in [2.75, 3.05) is 47.0 Å². The van der Waals surface area contributed by atoms with Gasteiger partial charge < -0.3 is 29.5 Å². The van der Waals surface area contributed by atoms with Gasteiger partial charge in [0.15, 0.2) is 5.78 Å². The van der Waals surface area contributed by atoms with Gasteiger partial charge in [0.25, 0.3) is 0 Å². The zero-order chi connectivity index (χ0) is 31.4. The zero-order valence-electron chi connectivity index (χ0n) is 26.2. The van der Waals surface area contributed by atoms with Gasteiger partial charge in [-0.3, -0.25) is 9.59 Å². The average molecular weight is 605 g/mol. The number of aliphatic hydroxyl groups excluding tert-OH is 1. The quantitative estimate of drug-likeness (QED) is 0.150. The van der Waals surface area contributed by atoms with Crippen LogP contribution in [0.4, 0.5) is 0 Å². The summed E-state index contributed by atoms with van der Waals surface area (Å²) in [4.78, 5) is 25.2. The number of para-hydroxylation sites is 1. The molecule has 0 aromatic heterocycles. The number of Topliss-reactive ketones (excluding diaryl/α,β-unsaturated/α-hetero) is 1. The Morgan fingerprint density at radius 1 is 0.795 bits per heavy atom. The second-order valence-corrected chi connectivity index (χ2v) is 10.9. The van der Waals surface area contributed by atoms with E-state index in [0.29, 0.717) is 38.0 Å². The Labute approximate surface area is 262 Å². The van der Waals surface area contributed by atoms with Crippen LogP contribution in [-0.4, -0.2) is 74.8 Å². The number of unbranched alkanes of at least 4 members (excludes halogenated alkanes) is 1. The van der Waals surface area contributed by atoms with Crippen molar-refractivity contribution in [2.24, 2.45) is 0 Å². The highest BCUT2D eigenvalue weighted by molar-refractivity contribution is 5.96. The fourth-order valence-electron chi connectivity index (χ4n) is 4.89. The normalized spacial score (nSPS) is 13.3. The number of likely N-dealkylation sites (tertiary alicyclic amines) is 1. The maximum absolute atomic E-state index is 11.8. The number of hydrogen-bond acceptors (Lipinski definition) is 7. The van der Waals surface area contributed by atoms with Crippen molar-refractivity contribution in [1.29, 1.82) is 0 Å². The summed E-state index contributed by atoms with van der Waals surface area (Å²) in [6.45, 7) is 4.30. The first-order valence-corrected chi connectivity index (χ1v) is 15.6. The average Bonchev–Trinajstić information content (AvgIpc) is 3.57. The number of benzene rings is 3. The molecule has 1 amide bonds. The lowest BCUT2D eigenvalue weighted by Crippen LogP contribution is -2.31. The van der Waals surface area contributed by atoms with Gasteiger partial charge in [-0.1, -0.05) is 30.3 Å². The number of aliphatic hydroxyl groups is 1. The number of amides is 1. The summed E-state index contributed by atoms with van der Waals surface area (Å²) in [7, 11) is 3.21. The number of methoxy groups -OCH3 is 1. The number of ether oxygens (including phenoxy) is 3. The lowest BCUT2D eigenvalue weighted by atomic mass is 10.0. The van der Waals surface area contributed by atoms with E-state index in [4.69, 9.17) is 14.2 Å². The van der Waals surface area contributed by atoms with Crippen molar-refractivity contribution < 1.29 is 28.9 Å². The summed E-state index contributed by atoms with van der Waals surface area (Å²) in [5, 5.41) is 12.8. The molecule has 0 aliphatic carbocycles. The van der Waals surface area contributed by atoms with Crippen molar-refractivity contribution in [2.45, 2.75) is 57.5 Å². The first kappa shape index (κ1) is 34.6. The van der Waals surface area contributed by atoms with Crippen LogP contribution in [-0.2, 0) is 11.2 Å². The van der Waals surface area contributed by atoms with E-state index >= 15 is 0 Å². The molecule has 8 heteroatoms. The van der Waals surface area contributed by atoms with E-state index in [9.17, 15) is 14.7 Å². The van der Waals surface area contributed by atoms with Crippen molar-refractivity contribution >= 4 is 11.7 Å². The number of carbonyl (C=O) groups is 2. The Bertz CT molecular complexity index is 1210. The molecule has 1 heterocycles. The summed E-state index contributed by atoms with van der Waals surface area (Å²) >= 11 is 0. The maximum Gasteiger partial charge on any atom is 0.219 e. The molecule has 0 radical (unpaired) electrons. The van der Waals surface area contributed by atoms with E-state index in [1.165, 1.54) is 12.8 Å². The summed E-state index contributed by atoms with van der Waals surface area (Å²) < 4.78 is 16.4. The number of ketones is 1. The molecule has 2 N–H and O–H groups in total. The maximum atomic E-state index is 11.8. The molecule has 8 nitrogen and oxygen atoms in total. The van der Waals surface area contributed by atoms with E-state index in [1.54, 1.807) is 38.4 Å². The second kappa shape index (κ2) is 20.1. The van der Waals surface area contributed by atoms with Gasteiger partial charge in [0.1, 0.15) is 17.2 Å². The molecule has 0 bridgehead atoms. The molecular formula is C36H48N2O6. The van der Waals surface area contributed by atoms with Crippen LogP contribution in [0.25, 0.3) is 0 Å². The molecule has 3 aromatic carbocycles. The van der Waals surface area contributed by atoms with E-state index < -0.39 is 0 Å². The third-order valence-electron chi connectivity index (χ3n) is 7.38. The number of β-amino-alcohol motifs (C(OH)–C–C–N with tert-alkyl or cyclic N) is 1. The smallest absolute Gasteiger partial charge is 0.219 e. The lowest BCUT2D eigenvalue weighted by Gasteiger charge is -2.19. The molecule has 238 valence electrons. The topological polar surface area (TPSA) is 97.3 Å². The number of hydrogen-bond donors (Lipinski definition) is 2. The van der Waals surface area contributed by atoms with Crippen molar-refractivity contribution in [3.63, 3.8) is 0 Å². The third kappa shape index (κ3) is 13.6. The van der Waals surface area contributed by atoms with Crippen LogP contribution in [0.5, 0.6) is 17.2 Å². The molecule has 3 aromatic rings. The molecule has 4 rings (SSSR count). The summed E-state index contributed by atoms with van der Waals surface area (Å²) in [6, 6.07) is 25.0. The molecule has 1 aliphatic heterocycles. The lowest BCUT2D eigenvalue weighted by molar-refractivity contribution is -0.120. The Morgan fingerprint density at radius 3 is 2.00 bits per heavy atom. The highest BCUT2D eigenvalue weighted by Crippen LogP contribution is 2.16. The molecule has 1 fully saturated rings. The van der Waals surface area contributed by atoms with Gasteiger partial charge in [0.2, 0.25) is 5.91 Å². The molecule has 1 unspecified atom stereocenters. The highest BCUT2D eigenvalue weighted by Gasteiger charge is 2.16. The predicted molar refractivity (Wildman–Crippen MR) is 174 cm³/mol. The fraction of sp³-hybridized carbons (Fsp3) is 0.444. The van der Waals surface area contributed by atoms with Gasteiger partial charge in [-0.15, -0.1) is 0 Å². The van der Waals surface area contributed by atoms with Crippen molar-refractivity contribution in [3.8, 4) is 17.2 Å². The Morgan fingerprint density at radius 2 is 1.39 bits per heavy atom. The first-order chi connectivity index (χ1) is 21.5. The van der Waals surface area contributed by atoms with Crippen LogP contribution in [0.1, 0.15) is 60.9 Å². The molecule has 44 heavy (non-hydrogen) atoms. The van der Waals surface area contributed by atoms with Gasteiger partial charge in [-0.05, 0) is 99.3 Å². The zero-order valence-corrected chi connectivity index (χ0v) is 26.2. The molecule has 1 saturated heterocycles.